The van der Waals surface area contributed by atoms with Gasteiger partial charge in [-0.1, -0.05) is 15.9 Å². The summed E-state index contributed by atoms with van der Waals surface area (Å²) in [5, 5.41) is 0. The van der Waals surface area contributed by atoms with Gasteiger partial charge in [-0.15, -0.1) is 0 Å². The van der Waals surface area contributed by atoms with Gasteiger partial charge in [0, 0.05) is 28.8 Å². The Kier molecular flexibility index (Phi) is 6.70. The Hall–Kier alpha value is -1.07. The van der Waals surface area contributed by atoms with Gasteiger partial charge in [0.2, 0.25) is 0 Å². The van der Waals surface area contributed by atoms with Gasteiger partial charge in [0.15, 0.2) is 0 Å². The third-order valence-electron chi connectivity index (χ3n) is 5.24. The summed E-state index contributed by atoms with van der Waals surface area (Å²) in [6.07, 6.45) is 4.84. The van der Waals surface area contributed by atoms with Crippen molar-refractivity contribution in [1.82, 2.24) is 4.90 Å². The average Bonchev–Trinajstić information content (AvgIpc) is 2.58. The third kappa shape index (κ3) is 4.12. The van der Waals surface area contributed by atoms with Crippen LogP contribution in [0.15, 0.2) is 16.6 Å². The molecule has 0 N–H and O–H groups in total. The van der Waals surface area contributed by atoms with E-state index in [4.69, 9.17) is 4.74 Å². The summed E-state index contributed by atoms with van der Waals surface area (Å²) in [5.74, 6) is -0.276. The third-order valence-corrected chi connectivity index (χ3v) is 5.70. The lowest BCUT2D eigenvalue weighted by Crippen LogP contribution is -2.42. The lowest BCUT2D eigenvalue weighted by Gasteiger charge is -2.40. The first kappa shape index (κ1) is 19.3. The van der Waals surface area contributed by atoms with E-state index in [0.29, 0.717) is 17.6 Å². The molecule has 5 heteroatoms. The molecular weight excluding hydrogens is 368 g/mol. The molecule has 0 heterocycles. The fraction of sp³-hybridized carbons (Fsp3) is 0.632. The molecule has 134 valence electrons. The first-order valence-corrected chi connectivity index (χ1v) is 9.49. The molecule has 0 bridgehead atoms. The maximum Gasteiger partial charge on any atom is 0.338 e. The Balaban J connectivity index is 2.28. The van der Waals surface area contributed by atoms with E-state index >= 15 is 0 Å². The van der Waals surface area contributed by atoms with Gasteiger partial charge in [0.25, 0.3) is 0 Å². The van der Waals surface area contributed by atoms with Gasteiger partial charge in [-0.05, 0) is 71.3 Å². The molecule has 2 rings (SSSR count). The van der Waals surface area contributed by atoms with Crippen molar-refractivity contribution in [1.29, 1.82) is 0 Å². The summed E-state index contributed by atoms with van der Waals surface area (Å²) in [6.45, 7) is 5.15. The smallest absolute Gasteiger partial charge is 0.338 e. The fourth-order valence-electron chi connectivity index (χ4n) is 3.80. The van der Waals surface area contributed by atoms with Crippen LogP contribution in [0.25, 0.3) is 0 Å². The van der Waals surface area contributed by atoms with Gasteiger partial charge in [0.05, 0.1) is 12.7 Å². The Morgan fingerprint density at radius 3 is 2.29 bits per heavy atom. The summed E-state index contributed by atoms with van der Waals surface area (Å²) in [6, 6.07) is 5.20. The second kappa shape index (κ2) is 8.34. The Labute approximate surface area is 154 Å². The second-order valence-corrected chi connectivity index (χ2v) is 7.72. The van der Waals surface area contributed by atoms with E-state index in [1.54, 1.807) is 0 Å². The molecule has 24 heavy (non-hydrogen) atoms. The maximum absolute atomic E-state index is 12.1. The van der Waals surface area contributed by atoms with Crippen LogP contribution in [0.5, 0.6) is 0 Å². The summed E-state index contributed by atoms with van der Waals surface area (Å²) >= 11 is 3.55. The number of ether oxygens (including phenoxy) is 1. The molecule has 0 atom stereocenters. The minimum Gasteiger partial charge on any atom is -0.465 e. The van der Waals surface area contributed by atoms with Crippen molar-refractivity contribution in [3.05, 3.63) is 27.7 Å². The zero-order valence-electron chi connectivity index (χ0n) is 15.4. The molecule has 1 aliphatic carbocycles. The highest BCUT2D eigenvalue weighted by Gasteiger charge is 2.28. The summed E-state index contributed by atoms with van der Waals surface area (Å²) in [7, 11) is 5.77. The highest BCUT2D eigenvalue weighted by atomic mass is 79.9. The van der Waals surface area contributed by atoms with Crippen LogP contribution in [-0.4, -0.2) is 50.7 Å². The minimum atomic E-state index is -0.276. The molecule has 0 spiro atoms. The number of rotatable bonds is 5. The maximum atomic E-state index is 12.1. The first-order valence-electron chi connectivity index (χ1n) is 8.70. The number of carbonyl (C=O) groups excluding carboxylic acids is 1. The topological polar surface area (TPSA) is 32.8 Å². The zero-order valence-corrected chi connectivity index (χ0v) is 17.0. The average molecular weight is 397 g/mol. The number of halogens is 1. The van der Waals surface area contributed by atoms with E-state index in [9.17, 15) is 4.79 Å². The van der Waals surface area contributed by atoms with Crippen molar-refractivity contribution < 1.29 is 9.53 Å². The van der Waals surface area contributed by atoms with Crippen molar-refractivity contribution in [2.24, 2.45) is 0 Å². The number of hydrogen-bond acceptors (Lipinski definition) is 4. The molecule has 0 unspecified atom stereocenters. The second-order valence-electron chi connectivity index (χ2n) is 6.80. The van der Waals surface area contributed by atoms with Crippen molar-refractivity contribution in [2.45, 2.75) is 51.6 Å². The molecular formula is C19H29BrN2O2. The predicted octanol–water partition coefficient (Wildman–Crippen LogP) is 4.24. The van der Waals surface area contributed by atoms with E-state index < -0.39 is 0 Å². The SMILES string of the molecule is CCN(c1cc(Br)cc(C(=O)OC)c1C)C1CCC(N(C)C)CC1. The molecule has 1 aliphatic rings. The highest BCUT2D eigenvalue weighted by molar-refractivity contribution is 9.10. The predicted molar refractivity (Wildman–Crippen MR) is 103 cm³/mol. The number of carbonyl (C=O) groups is 1. The van der Waals surface area contributed by atoms with E-state index in [1.807, 2.05) is 13.0 Å². The molecule has 1 aromatic carbocycles. The van der Waals surface area contributed by atoms with Gasteiger partial charge in [-0.2, -0.15) is 0 Å². The van der Waals surface area contributed by atoms with Crippen LogP contribution in [0, 0.1) is 6.92 Å². The van der Waals surface area contributed by atoms with Gasteiger partial charge in [-0.3, -0.25) is 0 Å². The molecule has 0 radical (unpaired) electrons. The molecule has 0 saturated heterocycles. The van der Waals surface area contributed by atoms with Crippen molar-refractivity contribution in [3.63, 3.8) is 0 Å². The van der Waals surface area contributed by atoms with Gasteiger partial charge < -0.3 is 14.5 Å². The first-order chi connectivity index (χ1) is 11.4. The minimum absolute atomic E-state index is 0.276. The van der Waals surface area contributed by atoms with Crippen LogP contribution in [0.1, 0.15) is 48.5 Å². The zero-order chi connectivity index (χ0) is 17.9. The highest BCUT2D eigenvalue weighted by Crippen LogP contribution is 2.34. The quantitative estimate of drug-likeness (QED) is 0.696. The summed E-state index contributed by atoms with van der Waals surface area (Å²) in [4.78, 5) is 16.9. The monoisotopic (exact) mass is 396 g/mol. The van der Waals surface area contributed by atoms with Crippen LogP contribution in [0.2, 0.25) is 0 Å². The standard InChI is InChI=1S/C19H29BrN2O2/c1-6-22(16-9-7-15(8-10-16)21(3)4)18-12-14(20)11-17(13(18)2)19(23)24-5/h11-12,15-16H,6-10H2,1-5H3. The van der Waals surface area contributed by atoms with Crippen molar-refractivity contribution in [3.8, 4) is 0 Å². The van der Waals surface area contributed by atoms with Gasteiger partial charge in [-0.25, -0.2) is 4.79 Å². The van der Waals surface area contributed by atoms with E-state index in [2.05, 4.69) is 52.8 Å². The van der Waals surface area contributed by atoms with Crippen molar-refractivity contribution >= 4 is 27.6 Å². The lowest BCUT2D eigenvalue weighted by atomic mass is 9.89. The summed E-state index contributed by atoms with van der Waals surface area (Å²) < 4.78 is 5.86. The Bertz CT molecular complexity index is 581. The van der Waals surface area contributed by atoms with Crippen LogP contribution >= 0.6 is 15.9 Å². The number of anilines is 1. The Morgan fingerprint density at radius 2 is 1.79 bits per heavy atom. The number of nitrogens with zero attached hydrogens (tertiary/aromatic N) is 2. The number of esters is 1. The van der Waals surface area contributed by atoms with E-state index in [1.165, 1.54) is 32.8 Å². The molecule has 0 amide bonds. The van der Waals surface area contributed by atoms with Crippen LogP contribution in [-0.2, 0) is 4.74 Å². The van der Waals surface area contributed by atoms with E-state index in [-0.39, 0.29) is 5.97 Å². The molecule has 1 saturated carbocycles. The molecule has 1 fully saturated rings. The normalized spacial score (nSPS) is 21.0. The van der Waals surface area contributed by atoms with Gasteiger partial charge in [0.1, 0.15) is 0 Å². The summed E-state index contributed by atoms with van der Waals surface area (Å²) in [5.41, 5.74) is 2.78. The number of hydrogen-bond donors (Lipinski definition) is 0. The molecule has 1 aromatic rings. The van der Waals surface area contributed by atoms with Gasteiger partial charge >= 0.3 is 5.97 Å². The molecule has 4 nitrogen and oxygen atoms in total. The lowest BCUT2D eigenvalue weighted by molar-refractivity contribution is 0.0600. The van der Waals surface area contributed by atoms with E-state index in [0.717, 1.165) is 22.3 Å². The Morgan fingerprint density at radius 1 is 1.21 bits per heavy atom. The van der Waals surface area contributed by atoms with Crippen LogP contribution in [0.4, 0.5) is 5.69 Å². The van der Waals surface area contributed by atoms with Crippen LogP contribution in [0.3, 0.4) is 0 Å². The van der Waals surface area contributed by atoms with Crippen LogP contribution < -0.4 is 4.90 Å². The largest absolute Gasteiger partial charge is 0.465 e. The molecule has 0 aromatic heterocycles. The van der Waals surface area contributed by atoms with Crippen molar-refractivity contribution in [2.75, 3.05) is 32.6 Å². The fourth-order valence-corrected chi connectivity index (χ4v) is 4.24. The molecule has 0 aliphatic heterocycles. The number of methoxy groups -OCH3 is 1. The number of benzene rings is 1.